The number of cyclic esters (lactones) is 1. The van der Waals surface area contributed by atoms with Gasteiger partial charge in [-0.15, -0.1) is 0 Å². The number of anilines is 1. The second-order valence-electron chi connectivity index (χ2n) is 6.06. The van der Waals surface area contributed by atoms with Gasteiger partial charge in [0.25, 0.3) is 0 Å². The van der Waals surface area contributed by atoms with Crippen molar-refractivity contribution in [3.05, 3.63) is 24.4 Å². The number of aromatic nitrogens is 2. The third-order valence-corrected chi connectivity index (χ3v) is 4.54. The van der Waals surface area contributed by atoms with Crippen molar-refractivity contribution >= 4 is 11.9 Å². The topological polar surface area (TPSA) is 65.8 Å². The molecule has 2 aromatic rings. The maximum Gasteiger partial charge on any atom is 0.415 e. The molecule has 0 aliphatic carbocycles. The van der Waals surface area contributed by atoms with Gasteiger partial charge in [-0.3, -0.25) is 4.90 Å². The maximum absolute atomic E-state index is 12.1. The predicted molar refractivity (Wildman–Crippen MR) is 92.2 cm³/mol. The highest BCUT2D eigenvalue weighted by Gasteiger charge is 2.35. The van der Waals surface area contributed by atoms with E-state index in [9.17, 15) is 4.79 Å². The molecule has 0 unspecified atom stereocenters. The smallest absolute Gasteiger partial charge is 0.415 e. The van der Waals surface area contributed by atoms with E-state index in [0.717, 1.165) is 29.3 Å². The van der Waals surface area contributed by atoms with Crippen LogP contribution in [0.4, 0.5) is 10.6 Å². The van der Waals surface area contributed by atoms with Crippen LogP contribution in [0.2, 0.25) is 0 Å². The van der Waals surface area contributed by atoms with Crippen molar-refractivity contribution < 1.29 is 19.0 Å². The summed E-state index contributed by atoms with van der Waals surface area (Å²) in [6, 6.07) is 5.78. The van der Waals surface area contributed by atoms with Gasteiger partial charge in [-0.1, -0.05) is 6.92 Å². The summed E-state index contributed by atoms with van der Waals surface area (Å²) in [5.74, 6) is 2.94. The molecule has 1 fully saturated rings. The molecule has 3 heterocycles. The van der Waals surface area contributed by atoms with E-state index in [1.54, 1.807) is 4.90 Å². The van der Waals surface area contributed by atoms with Crippen LogP contribution in [-0.2, 0) is 11.3 Å². The zero-order valence-corrected chi connectivity index (χ0v) is 14.4. The van der Waals surface area contributed by atoms with Gasteiger partial charge in [0.05, 0.1) is 24.8 Å². The average Bonchev–Trinajstić information content (AvgIpc) is 3.14. The molecule has 0 N–H and O–H groups in total. The molecule has 0 bridgehead atoms. The van der Waals surface area contributed by atoms with Crippen molar-refractivity contribution in [2.75, 3.05) is 24.7 Å². The molecule has 4 rings (SSSR count). The first-order valence-corrected chi connectivity index (χ1v) is 8.64. The number of benzene rings is 1. The lowest BCUT2D eigenvalue weighted by Crippen LogP contribution is -2.33. The number of carbonyl (C=O) groups excluding carboxylic acids is 1. The number of hydrogen-bond acceptors (Lipinski definition) is 5. The summed E-state index contributed by atoms with van der Waals surface area (Å²) in [7, 11) is 0. The zero-order chi connectivity index (χ0) is 17.4. The van der Waals surface area contributed by atoms with Crippen LogP contribution in [0.5, 0.6) is 11.5 Å². The summed E-state index contributed by atoms with van der Waals surface area (Å²) in [6.45, 7) is 6.21. The molecule has 132 valence electrons. The normalized spacial score (nSPS) is 18.9. The molecule has 1 atom stereocenters. The van der Waals surface area contributed by atoms with Gasteiger partial charge < -0.3 is 18.8 Å². The molecule has 2 aliphatic heterocycles. The monoisotopic (exact) mass is 343 g/mol. The molecule has 1 aromatic heterocycles. The summed E-state index contributed by atoms with van der Waals surface area (Å²) in [4.78, 5) is 18.5. The third kappa shape index (κ3) is 2.69. The fourth-order valence-electron chi connectivity index (χ4n) is 3.26. The molecule has 0 spiro atoms. The Morgan fingerprint density at radius 3 is 3.00 bits per heavy atom. The highest BCUT2D eigenvalue weighted by atomic mass is 16.6. The van der Waals surface area contributed by atoms with E-state index in [0.29, 0.717) is 32.2 Å². The minimum Gasteiger partial charge on any atom is -0.494 e. The summed E-state index contributed by atoms with van der Waals surface area (Å²) < 4.78 is 18.6. The Balaban J connectivity index is 1.74. The first-order chi connectivity index (χ1) is 12.2. The summed E-state index contributed by atoms with van der Waals surface area (Å²) in [5, 5.41) is 0. The second-order valence-corrected chi connectivity index (χ2v) is 6.06. The fraction of sp³-hybridized carbons (Fsp3) is 0.444. The van der Waals surface area contributed by atoms with Crippen LogP contribution >= 0.6 is 0 Å². The Bertz CT molecular complexity index is 802. The molecule has 7 heteroatoms. The molecule has 7 nitrogen and oxygen atoms in total. The van der Waals surface area contributed by atoms with E-state index in [-0.39, 0.29) is 12.1 Å². The van der Waals surface area contributed by atoms with Crippen molar-refractivity contribution in [3.63, 3.8) is 0 Å². The minimum atomic E-state index is -0.330. The number of carbonyl (C=O) groups is 1. The van der Waals surface area contributed by atoms with Crippen molar-refractivity contribution in [1.82, 2.24) is 9.55 Å². The second kappa shape index (κ2) is 6.31. The Kier molecular flexibility index (Phi) is 3.99. The van der Waals surface area contributed by atoms with Crippen LogP contribution < -0.4 is 14.4 Å². The van der Waals surface area contributed by atoms with Crippen LogP contribution in [0.1, 0.15) is 20.3 Å². The third-order valence-electron chi connectivity index (χ3n) is 4.54. The Hall–Kier alpha value is -2.70. The van der Waals surface area contributed by atoms with E-state index < -0.39 is 0 Å². The van der Waals surface area contributed by atoms with Crippen molar-refractivity contribution in [2.45, 2.75) is 32.9 Å². The lowest BCUT2D eigenvalue weighted by Gasteiger charge is -2.17. The number of imidazole rings is 1. The molecule has 1 aromatic carbocycles. The number of rotatable bonds is 4. The van der Waals surface area contributed by atoms with E-state index in [2.05, 4.69) is 0 Å². The standard InChI is InChI=1S/C18H21N3O4/c1-3-12-11-25-18(22)21(12)16-10-20-7-8-24-15-9-13(23-4-2)5-6-14(15)17(20)19-16/h5-6,9-10,12H,3-4,7-8,11H2,1-2H3/t12-/m1/s1. The number of amides is 1. The summed E-state index contributed by atoms with van der Waals surface area (Å²) >= 11 is 0. The van der Waals surface area contributed by atoms with Gasteiger partial charge in [-0.05, 0) is 25.5 Å². The van der Waals surface area contributed by atoms with Gasteiger partial charge in [0.1, 0.15) is 30.5 Å². The van der Waals surface area contributed by atoms with Crippen LogP contribution in [0, 0.1) is 0 Å². The van der Waals surface area contributed by atoms with Gasteiger partial charge in [-0.25, -0.2) is 9.78 Å². The first kappa shape index (κ1) is 15.8. The fourth-order valence-corrected chi connectivity index (χ4v) is 3.26. The predicted octanol–water partition coefficient (Wildman–Crippen LogP) is 3.08. The minimum absolute atomic E-state index is 0.0303. The average molecular weight is 343 g/mol. The van der Waals surface area contributed by atoms with E-state index >= 15 is 0 Å². The van der Waals surface area contributed by atoms with Crippen molar-refractivity contribution in [2.24, 2.45) is 0 Å². The summed E-state index contributed by atoms with van der Waals surface area (Å²) in [6.07, 6.45) is 2.40. The Morgan fingerprint density at radius 1 is 1.32 bits per heavy atom. The Morgan fingerprint density at radius 2 is 2.20 bits per heavy atom. The van der Waals surface area contributed by atoms with Crippen molar-refractivity contribution in [1.29, 1.82) is 0 Å². The van der Waals surface area contributed by atoms with Gasteiger partial charge in [0.2, 0.25) is 0 Å². The molecular formula is C18H21N3O4. The molecule has 1 saturated heterocycles. The van der Waals surface area contributed by atoms with Gasteiger partial charge in [0, 0.05) is 12.3 Å². The van der Waals surface area contributed by atoms with Crippen LogP contribution in [0.15, 0.2) is 24.4 Å². The largest absolute Gasteiger partial charge is 0.494 e. The first-order valence-electron chi connectivity index (χ1n) is 8.64. The van der Waals surface area contributed by atoms with Gasteiger partial charge in [-0.2, -0.15) is 0 Å². The molecule has 0 saturated carbocycles. The SMILES string of the molecule is CCOc1ccc2c(c1)OCCn1cc(N3C(=O)OC[C@H]3CC)nc1-2. The van der Waals surface area contributed by atoms with Crippen LogP contribution in [0.25, 0.3) is 11.4 Å². The van der Waals surface area contributed by atoms with Crippen LogP contribution in [-0.4, -0.2) is 41.5 Å². The lowest BCUT2D eigenvalue weighted by atomic mass is 10.2. The number of hydrogen-bond donors (Lipinski definition) is 0. The number of fused-ring (bicyclic) bond motifs is 3. The highest BCUT2D eigenvalue weighted by Crippen LogP contribution is 2.37. The quantitative estimate of drug-likeness (QED) is 0.853. The van der Waals surface area contributed by atoms with Gasteiger partial charge in [0.15, 0.2) is 5.82 Å². The number of nitrogens with zero attached hydrogens (tertiary/aromatic N) is 3. The summed E-state index contributed by atoms with van der Waals surface area (Å²) in [5.41, 5.74) is 0.896. The molecular weight excluding hydrogens is 322 g/mol. The van der Waals surface area contributed by atoms with E-state index in [1.807, 2.05) is 42.8 Å². The molecule has 0 radical (unpaired) electrons. The zero-order valence-electron chi connectivity index (χ0n) is 14.4. The van der Waals surface area contributed by atoms with E-state index in [4.69, 9.17) is 19.2 Å². The molecule has 25 heavy (non-hydrogen) atoms. The number of ether oxygens (including phenoxy) is 3. The van der Waals surface area contributed by atoms with Crippen LogP contribution in [0.3, 0.4) is 0 Å². The molecule has 1 amide bonds. The highest BCUT2D eigenvalue weighted by molar-refractivity contribution is 5.89. The lowest BCUT2D eigenvalue weighted by molar-refractivity contribution is 0.178. The van der Waals surface area contributed by atoms with Crippen molar-refractivity contribution in [3.8, 4) is 22.9 Å². The maximum atomic E-state index is 12.1. The van der Waals surface area contributed by atoms with E-state index in [1.165, 1.54) is 0 Å². The molecule has 2 aliphatic rings. The van der Waals surface area contributed by atoms with Gasteiger partial charge >= 0.3 is 6.09 Å². The Labute approximate surface area is 146 Å².